The molecule has 0 amide bonds. The van der Waals surface area contributed by atoms with Gasteiger partial charge >= 0.3 is 63.3 Å². The van der Waals surface area contributed by atoms with Crippen molar-refractivity contribution in [3.05, 3.63) is 0 Å². The second-order valence-electron chi connectivity index (χ2n) is 4.30. The zero-order valence-corrected chi connectivity index (χ0v) is 12.6. The Morgan fingerprint density at radius 1 is 1.05 bits per heavy atom. The molecule has 0 saturated heterocycles. The maximum atomic E-state index is 11.6. The molecule has 1 atom stereocenters. The average Bonchev–Trinajstić information content (AvgIpc) is 2.35. The number of rotatable bonds is 10. The second-order valence-corrected chi connectivity index (χ2v) is 5.90. The van der Waals surface area contributed by atoms with Crippen molar-refractivity contribution in [3.8, 4) is 0 Å². The summed E-state index contributed by atoms with van der Waals surface area (Å²) in [6.45, 7) is 3.98. The van der Waals surface area contributed by atoms with Gasteiger partial charge in [0.2, 0.25) is 0 Å². The number of esters is 2. The second kappa shape index (κ2) is 13.0. The molecule has 0 bridgehead atoms. The Balaban J connectivity index is 0. The van der Waals surface area contributed by atoms with E-state index >= 15 is 0 Å². The van der Waals surface area contributed by atoms with E-state index in [1.807, 2.05) is 13.8 Å². The summed E-state index contributed by atoms with van der Waals surface area (Å²) in [5.41, 5.74) is 0. The third-order valence-electron chi connectivity index (χ3n) is 2.48. The molecule has 0 saturated carbocycles. The molecule has 1 unspecified atom stereocenters. The summed E-state index contributed by atoms with van der Waals surface area (Å²) in [6, 6.07) is 0. The molecular weight excluding hydrogens is 327 g/mol. The molecule has 0 radical (unpaired) electrons. The van der Waals surface area contributed by atoms with Crippen LogP contribution in [0.25, 0.3) is 0 Å². The third kappa shape index (κ3) is 11.7. The van der Waals surface area contributed by atoms with Gasteiger partial charge < -0.3 is 9.47 Å². The molecule has 0 aromatic rings. The van der Waals surface area contributed by atoms with Gasteiger partial charge in [0.1, 0.15) is 0 Å². The van der Waals surface area contributed by atoms with Crippen LogP contribution in [0.1, 0.15) is 46.0 Å². The number of carbonyl (C=O) groups excluding carboxylic acids is 2. The SMILES string of the molecule is CCCCOC(=O)CC(C(=O)OCCCC)S(=O)(=O)O.[KH]. The molecule has 0 aromatic carbocycles. The van der Waals surface area contributed by atoms with Gasteiger partial charge in [0.25, 0.3) is 10.1 Å². The summed E-state index contributed by atoms with van der Waals surface area (Å²) in [6.07, 6.45) is 2.05. The molecule has 0 heterocycles. The van der Waals surface area contributed by atoms with Gasteiger partial charge in [0.05, 0.1) is 19.6 Å². The molecule has 0 spiro atoms. The quantitative estimate of drug-likeness (QED) is 0.267. The molecule has 21 heavy (non-hydrogen) atoms. The molecule has 0 fully saturated rings. The Hall–Kier alpha value is 0.486. The van der Waals surface area contributed by atoms with E-state index < -0.39 is 33.7 Å². The summed E-state index contributed by atoms with van der Waals surface area (Å²) in [7, 11) is -4.70. The van der Waals surface area contributed by atoms with Crippen LogP contribution in [0.5, 0.6) is 0 Å². The first kappa shape index (κ1) is 23.7. The van der Waals surface area contributed by atoms with Crippen LogP contribution >= 0.6 is 0 Å². The van der Waals surface area contributed by atoms with Gasteiger partial charge in [-0.15, -0.1) is 0 Å². The van der Waals surface area contributed by atoms with E-state index in [9.17, 15) is 18.0 Å². The molecule has 120 valence electrons. The van der Waals surface area contributed by atoms with Gasteiger partial charge in [-0.2, -0.15) is 8.42 Å². The van der Waals surface area contributed by atoms with E-state index in [4.69, 9.17) is 14.0 Å². The predicted molar refractivity (Wildman–Crippen MR) is 78.8 cm³/mol. The van der Waals surface area contributed by atoms with E-state index in [1.165, 1.54) is 0 Å². The number of hydrogen-bond donors (Lipinski definition) is 1. The van der Waals surface area contributed by atoms with Crippen LogP contribution in [0.3, 0.4) is 0 Å². The van der Waals surface area contributed by atoms with Crippen molar-refractivity contribution < 1.29 is 32.0 Å². The maximum absolute atomic E-state index is 11.6. The van der Waals surface area contributed by atoms with Crippen molar-refractivity contribution in [2.45, 2.75) is 51.2 Å². The van der Waals surface area contributed by atoms with Gasteiger partial charge in [-0.25, -0.2) is 0 Å². The standard InChI is InChI=1S/C12H22O7S.K.H/c1-3-5-7-18-11(13)9-10(20(15,16)17)12(14)19-8-6-4-2;;/h10H,3-9H2,1-2H3,(H,15,16,17);;. The van der Waals surface area contributed by atoms with Crippen LogP contribution in [0.4, 0.5) is 0 Å². The molecule has 0 aliphatic rings. The van der Waals surface area contributed by atoms with E-state index in [-0.39, 0.29) is 64.6 Å². The van der Waals surface area contributed by atoms with Crippen molar-refractivity contribution in [3.63, 3.8) is 0 Å². The third-order valence-corrected chi connectivity index (χ3v) is 3.56. The van der Waals surface area contributed by atoms with Crippen LogP contribution in [0.2, 0.25) is 0 Å². The van der Waals surface area contributed by atoms with Crippen LogP contribution in [-0.2, 0) is 29.2 Å². The van der Waals surface area contributed by atoms with E-state index in [0.717, 1.165) is 12.8 Å². The van der Waals surface area contributed by atoms with Crippen molar-refractivity contribution in [1.82, 2.24) is 0 Å². The predicted octanol–water partition coefficient (Wildman–Crippen LogP) is 0.671. The zero-order chi connectivity index (χ0) is 15.6. The topological polar surface area (TPSA) is 107 Å². The Kier molecular flexibility index (Phi) is 14.7. The van der Waals surface area contributed by atoms with Gasteiger partial charge in [-0.05, 0) is 12.8 Å². The van der Waals surface area contributed by atoms with Crippen LogP contribution in [0, 0.1) is 0 Å². The fourth-order valence-corrected chi connectivity index (χ4v) is 1.92. The molecule has 0 aliphatic carbocycles. The Morgan fingerprint density at radius 2 is 1.52 bits per heavy atom. The molecule has 9 heteroatoms. The van der Waals surface area contributed by atoms with E-state index in [1.54, 1.807) is 0 Å². The number of ether oxygens (including phenoxy) is 2. The molecule has 0 aromatic heterocycles. The Bertz CT molecular complexity index is 408. The number of carbonyl (C=O) groups is 2. The Morgan fingerprint density at radius 3 is 1.95 bits per heavy atom. The van der Waals surface area contributed by atoms with Crippen LogP contribution in [0.15, 0.2) is 0 Å². The normalized spacial score (nSPS) is 12.1. The van der Waals surface area contributed by atoms with Gasteiger partial charge in [-0.3, -0.25) is 14.1 Å². The Labute approximate surface area is 168 Å². The minimum atomic E-state index is -4.70. The molecule has 0 aliphatic heterocycles. The zero-order valence-electron chi connectivity index (χ0n) is 11.8. The summed E-state index contributed by atoms with van der Waals surface area (Å²) < 4.78 is 40.7. The molecule has 1 N–H and O–H groups in total. The first-order chi connectivity index (χ1) is 9.32. The summed E-state index contributed by atoms with van der Waals surface area (Å²) in [5, 5.41) is -1.92. The fraction of sp³-hybridized carbons (Fsp3) is 0.833. The van der Waals surface area contributed by atoms with Gasteiger partial charge in [-0.1, -0.05) is 26.7 Å². The van der Waals surface area contributed by atoms with Gasteiger partial charge in [0, 0.05) is 0 Å². The van der Waals surface area contributed by atoms with Crippen molar-refractivity contribution >= 4 is 73.4 Å². The van der Waals surface area contributed by atoms with E-state index in [0.29, 0.717) is 12.8 Å². The molecule has 0 rings (SSSR count). The van der Waals surface area contributed by atoms with E-state index in [2.05, 4.69) is 0 Å². The summed E-state index contributed by atoms with van der Waals surface area (Å²) >= 11 is 0. The minimum absolute atomic E-state index is 0. The first-order valence-corrected chi connectivity index (χ1v) is 8.11. The van der Waals surface area contributed by atoms with Crippen molar-refractivity contribution in [2.75, 3.05) is 13.2 Å². The number of unbranched alkanes of at least 4 members (excludes halogenated alkanes) is 2. The van der Waals surface area contributed by atoms with Crippen molar-refractivity contribution in [2.24, 2.45) is 0 Å². The molecular formula is C12H23KO7S. The monoisotopic (exact) mass is 350 g/mol. The van der Waals surface area contributed by atoms with Crippen LogP contribution in [-0.4, -0.2) is 94.8 Å². The fourth-order valence-electron chi connectivity index (χ4n) is 1.26. The summed E-state index contributed by atoms with van der Waals surface area (Å²) in [4.78, 5) is 23.0. The van der Waals surface area contributed by atoms with Gasteiger partial charge in [0.15, 0.2) is 5.25 Å². The van der Waals surface area contributed by atoms with Crippen molar-refractivity contribution in [1.29, 1.82) is 0 Å². The molecule has 7 nitrogen and oxygen atoms in total. The summed E-state index contributed by atoms with van der Waals surface area (Å²) in [5.74, 6) is -1.98. The van der Waals surface area contributed by atoms with Crippen LogP contribution < -0.4 is 0 Å². The first-order valence-electron chi connectivity index (χ1n) is 6.61. The number of hydrogen-bond acceptors (Lipinski definition) is 6. The average molecular weight is 350 g/mol.